The molecule has 0 spiro atoms. The summed E-state index contributed by atoms with van der Waals surface area (Å²) >= 11 is 0. The average Bonchev–Trinajstić information content (AvgIpc) is 2.35. The van der Waals surface area contributed by atoms with E-state index in [1.54, 1.807) is 4.90 Å². The minimum atomic E-state index is -1.06. The first kappa shape index (κ1) is 19.4. The van der Waals surface area contributed by atoms with Crippen LogP contribution in [0.1, 0.15) is 61.3 Å². The van der Waals surface area contributed by atoms with Crippen LogP contribution in [-0.2, 0) is 15.7 Å². The molecule has 1 N–H and O–H groups in total. The smallest absolute Gasteiger partial charge is 0.410 e. The molecule has 0 saturated carbocycles. The lowest BCUT2D eigenvalue weighted by Gasteiger charge is -2.36. The molecule has 1 rings (SSSR count). The van der Waals surface area contributed by atoms with Gasteiger partial charge in [0.15, 0.2) is 0 Å². The first-order valence-electron chi connectivity index (χ1n) is 8.06. The molecule has 0 unspecified atom stereocenters. The van der Waals surface area contributed by atoms with Crippen molar-refractivity contribution < 1.29 is 13.7 Å². The number of piperidine rings is 1. The van der Waals surface area contributed by atoms with Gasteiger partial charge in [-0.25, -0.2) is 13.7 Å². The number of amides is 1. The molecule has 1 saturated heterocycles. The highest BCUT2D eigenvalue weighted by Gasteiger charge is 2.31. The molecule has 0 radical (unpaired) electrons. The first-order valence-corrected chi connectivity index (χ1v) is 9.21. The summed E-state index contributed by atoms with van der Waals surface area (Å²) in [7, 11) is -1.06. The quantitative estimate of drug-likeness (QED) is 0.864. The predicted molar refractivity (Wildman–Crippen MR) is 91.0 cm³/mol. The normalized spacial score (nSPS) is 20.6. The fourth-order valence-electron chi connectivity index (χ4n) is 2.35. The van der Waals surface area contributed by atoms with Crippen molar-refractivity contribution in [3.05, 3.63) is 0 Å². The zero-order valence-corrected chi connectivity index (χ0v) is 15.9. The number of likely N-dealkylation sites (tertiary alicyclic amines) is 1. The largest absolute Gasteiger partial charge is 0.444 e. The molecule has 0 aromatic rings. The number of carbonyl (C=O) groups is 1. The monoisotopic (exact) mass is 332 g/mol. The van der Waals surface area contributed by atoms with Gasteiger partial charge >= 0.3 is 6.09 Å². The van der Waals surface area contributed by atoms with Crippen LogP contribution in [0, 0.1) is 5.92 Å². The Morgan fingerprint density at radius 1 is 1.18 bits per heavy atom. The number of nitrogens with zero attached hydrogens (tertiary/aromatic N) is 1. The van der Waals surface area contributed by atoms with Crippen molar-refractivity contribution in [2.45, 2.75) is 77.7 Å². The lowest BCUT2D eigenvalue weighted by atomic mass is 9.91. The van der Waals surface area contributed by atoms with Gasteiger partial charge in [0.05, 0.1) is 15.7 Å². The van der Waals surface area contributed by atoms with Crippen molar-refractivity contribution in [3.8, 4) is 0 Å². The fourth-order valence-corrected chi connectivity index (χ4v) is 3.23. The first-order chi connectivity index (χ1) is 9.90. The fraction of sp³-hybridized carbons (Fsp3) is 0.938. The molecule has 1 aliphatic rings. The molecule has 1 heterocycles. The Kier molecular flexibility index (Phi) is 6.45. The molecule has 1 amide bonds. The van der Waals surface area contributed by atoms with Crippen molar-refractivity contribution in [1.29, 1.82) is 0 Å². The maximum absolute atomic E-state index is 12.2. The van der Waals surface area contributed by atoms with E-state index in [4.69, 9.17) is 4.74 Å². The Morgan fingerprint density at radius 3 is 2.09 bits per heavy atom. The van der Waals surface area contributed by atoms with E-state index in [0.29, 0.717) is 19.0 Å². The lowest BCUT2D eigenvalue weighted by Crippen LogP contribution is -2.47. The Balaban J connectivity index is 2.45. The number of nitrogens with one attached hydrogen (secondary N) is 1. The van der Waals surface area contributed by atoms with E-state index in [2.05, 4.69) is 11.6 Å². The summed E-state index contributed by atoms with van der Waals surface area (Å²) in [6.07, 6.45) is 1.59. The molecule has 130 valence electrons. The van der Waals surface area contributed by atoms with Crippen LogP contribution in [0.25, 0.3) is 0 Å². The third-order valence-electron chi connectivity index (χ3n) is 3.75. The summed E-state index contributed by atoms with van der Waals surface area (Å²) in [5.41, 5.74) is -0.452. The molecule has 0 bridgehead atoms. The number of ether oxygens (including phenoxy) is 1. The van der Waals surface area contributed by atoms with E-state index in [9.17, 15) is 9.00 Å². The summed E-state index contributed by atoms with van der Waals surface area (Å²) in [6.45, 7) is 15.0. The van der Waals surface area contributed by atoms with Crippen molar-refractivity contribution >= 4 is 17.1 Å². The van der Waals surface area contributed by atoms with Gasteiger partial charge in [-0.15, -0.1) is 0 Å². The lowest BCUT2D eigenvalue weighted by molar-refractivity contribution is 0.0174. The van der Waals surface area contributed by atoms with E-state index in [-0.39, 0.29) is 16.9 Å². The van der Waals surface area contributed by atoms with Crippen molar-refractivity contribution in [3.63, 3.8) is 0 Å². The van der Waals surface area contributed by atoms with Gasteiger partial charge in [0.1, 0.15) is 5.60 Å². The summed E-state index contributed by atoms with van der Waals surface area (Å²) in [6, 6.07) is 0.181. The van der Waals surface area contributed by atoms with Crippen LogP contribution < -0.4 is 4.72 Å². The minimum Gasteiger partial charge on any atom is -0.444 e. The van der Waals surface area contributed by atoms with Gasteiger partial charge in [0.25, 0.3) is 0 Å². The maximum Gasteiger partial charge on any atom is 0.410 e. The van der Waals surface area contributed by atoms with Gasteiger partial charge in [-0.3, -0.25) is 0 Å². The topological polar surface area (TPSA) is 58.6 Å². The van der Waals surface area contributed by atoms with Crippen LogP contribution in [0.15, 0.2) is 0 Å². The number of hydrogen-bond acceptors (Lipinski definition) is 3. The Hall–Kier alpha value is -0.620. The molecule has 1 fully saturated rings. The Labute approximate surface area is 137 Å². The minimum absolute atomic E-state index is 0.181. The summed E-state index contributed by atoms with van der Waals surface area (Å²) in [5, 5.41) is 0. The highest BCUT2D eigenvalue weighted by molar-refractivity contribution is 7.84. The Bertz CT molecular complexity index is 405. The summed E-state index contributed by atoms with van der Waals surface area (Å²) in [5.74, 6) is 0.435. The molecule has 2 atom stereocenters. The highest BCUT2D eigenvalue weighted by atomic mass is 32.2. The molecule has 0 aromatic heterocycles. The van der Waals surface area contributed by atoms with Crippen LogP contribution >= 0.6 is 0 Å². The molecule has 5 nitrogen and oxygen atoms in total. The van der Waals surface area contributed by atoms with E-state index in [0.717, 1.165) is 12.8 Å². The van der Waals surface area contributed by atoms with Crippen LogP contribution in [0.3, 0.4) is 0 Å². The Morgan fingerprint density at radius 2 is 1.68 bits per heavy atom. The molecular formula is C16H32N2O3S. The van der Waals surface area contributed by atoms with Gasteiger partial charge in [-0.2, -0.15) is 0 Å². The van der Waals surface area contributed by atoms with Crippen molar-refractivity contribution in [2.75, 3.05) is 13.1 Å². The van der Waals surface area contributed by atoms with E-state index in [1.807, 2.05) is 41.5 Å². The molecule has 22 heavy (non-hydrogen) atoms. The average molecular weight is 333 g/mol. The third-order valence-corrected chi connectivity index (χ3v) is 5.45. The van der Waals surface area contributed by atoms with Gasteiger partial charge < -0.3 is 9.64 Å². The van der Waals surface area contributed by atoms with Crippen LogP contribution in [0.2, 0.25) is 0 Å². The second-order valence-corrected chi connectivity index (χ2v) is 10.1. The molecular weight excluding hydrogens is 300 g/mol. The molecule has 0 aromatic carbocycles. The van der Waals surface area contributed by atoms with E-state index in [1.165, 1.54) is 0 Å². The van der Waals surface area contributed by atoms with Crippen molar-refractivity contribution in [2.24, 2.45) is 5.92 Å². The number of carbonyl (C=O) groups excluding carboxylic acids is 1. The zero-order chi connectivity index (χ0) is 17.1. The van der Waals surface area contributed by atoms with Crippen molar-refractivity contribution in [1.82, 2.24) is 9.62 Å². The predicted octanol–water partition coefficient (Wildman–Crippen LogP) is 3.07. The number of hydrogen-bond donors (Lipinski definition) is 1. The highest BCUT2D eigenvalue weighted by Crippen LogP contribution is 2.23. The summed E-state index contributed by atoms with van der Waals surface area (Å²) in [4.78, 5) is 13.8. The van der Waals surface area contributed by atoms with Gasteiger partial charge in [0.2, 0.25) is 0 Å². The molecule has 6 heteroatoms. The zero-order valence-electron chi connectivity index (χ0n) is 15.1. The van der Waals surface area contributed by atoms with Crippen LogP contribution in [0.5, 0.6) is 0 Å². The van der Waals surface area contributed by atoms with E-state index < -0.39 is 16.6 Å². The summed E-state index contributed by atoms with van der Waals surface area (Å²) < 4.78 is 20.5. The van der Waals surface area contributed by atoms with Crippen LogP contribution in [-0.4, -0.2) is 44.7 Å². The van der Waals surface area contributed by atoms with Gasteiger partial charge in [0, 0.05) is 19.1 Å². The second-order valence-electron chi connectivity index (χ2n) is 8.09. The third kappa shape index (κ3) is 6.24. The van der Waals surface area contributed by atoms with E-state index >= 15 is 0 Å². The maximum atomic E-state index is 12.2. The van der Waals surface area contributed by atoms with Gasteiger partial charge in [-0.05, 0) is 67.2 Å². The standard InChI is InChI=1S/C16H32N2O3S/c1-12(17-22(20)16(5,6)7)13-8-10-18(11-9-13)14(19)21-15(2,3)4/h12-13,17H,8-11H2,1-7H3/t12-,22+/m0/s1. The number of rotatable bonds is 3. The molecule has 0 aliphatic carbocycles. The van der Waals surface area contributed by atoms with Crippen LogP contribution in [0.4, 0.5) is 4.79 Å². The molecule has 1 aliphatic heterocycles. The SMILES string of the molecule is C[C@H](N[S@](=O)C(C)(C)C)C1CCN(C(=O)OC(C)(C)C)CC1. The second kappa shape index (κ2) is 7.30. The van der Waals surface area contributed by atoms with Gasteiger partial charge in [-0.1, -0.05) is 0 Å².